The van der Waals surface area contributed by atoms with E-state index in [1.54, 1.807) is 0 Å². The van der Waals surface area contributed by atoms with Crippen molar-refractivity contribution in [2.45, 2.75) is 27.1 Å². The molecule has 4 heterocycles. The highest BCUT2D eigenvalue weighted by Gasteiger charge is 2.20. The summed E-state index contributed by atoms with van der Waals surface area (Å²) in [7, 11) is 0. The van der Waals surface area contributed by atoms with Gasteiger partial charge in [-0.05, 0) is 83.6 Å². The van der Waals surface area contributed by atoms with Gasteiger partial charge < -0.3 is 18.9 Å². The lowest BCUT2D eigenvalue weighted by Crippen LogP contribution is -2.02. The molecule has 46 heavy (non-hydrogen) atoms. The minimum Gasteiger partial charge on any atom is -0.488 e. The molecule has 0 N–H and O–H groups in total. The Hall–Kier alpha value is -5.74. The number of fused-ring (bicyclic) bond motifs is 6. The number of hydrogen-bond acceptors (Lipinski definition) is 4. The van der Waals surface area contributed by atoms with Crippen LogP contribution in [0.2, 0.25) is 0 Å². The molecule has 11 rings (SSSR count). The third-order valence-electron chi connectivity index (χ3n) is 9.20. The predicted molar refractivity (Wildman–Crippen MR) is 183 cm³/mol. The molecular formula is C42H30O4. The monoisotopic (exact) mass is 598 g/mol. The van der Waals surface area contributed by atoms with E-state index in [1.165, 1.54) is 11.1 Å². The molecule has 0 aromatic heterocycles. The van der Waals surface area contributed by atoms with Crippen LogP contribution < -0.4 is 18.9 Å². The van der Waals surface area contributed by atoms with E-state index >= 15 is 0 Å². The lowest BCUT2D eigenvalue weighted by atomic mass is 9.96. The highest BCUT2D eigenvalue weighted by atomic mass is 16.5. The van der Waals surface area contributed by atoms with E-state index < -0.39 is 0 Å². The molecule has 7 aromatic rings. The normalized spacial score (nSPS) is 12.2. The highest BCUT2D eigenvalue weighted by Crippen LogP contribution is 2.46. The second-order valence-electron chi connectivity index (χ2n) is 12.2. The Morgan fingerprint density at radius 3 is 1.24 bits per heavy atom. The first-order valence-electron chi connectivity index (χ1n) is 15.6. The van der Waals surface area contributed by atoms with Gasteiger partial charge in [-0.1, -0.05) is 72.8 Å². The van der Waals surface area contributed by atoms with Crippen molar-refractivity contribution in [1.29, 1.82) is 0 Å². The average molecular weight is 599 g/mol. The van der Waals surface area contributed by atoms with Crippen LogP contribution in [-0.4, -0.2) is 0 Å². The smallest absolute Gasteiger partial charge is 0.138 e. The fourth-order valence-corrected chi connectivity index (χ4v) is 6.46. The van der Waals surface area contributed by atoms with Crippen LogP contribution in [0.4, 0.5) is 0 Å². The maximum Gasteiger partial charge on any atom is 0.138 e. The van der Waals surface area contributed by atoms with E-state index in [-0.39, 0.29) is 0 Å². The summed E-state index contributed by atoms with van der Waals surface area (Å²) in [6.45, 7) is 5.21. The average Bonchev–Trinajstić information content (AvgIpc) is 3.07. The van der Waals surface area contributed by atoms with Crippen LogP contribution in [0.3, 0.4) is 0 Å². The number of aryl methyl sites for hydroxylation is 2. The molecule has 0 fully saturated rings. The lowest BCUT2D eigenvalue weighted by Gasteiger charge is -2.21. The third kappa shape index (κ3) is 4.45. The molecule has 222 valence electrons. The van der Waals surface area contributed by atoms with Gasteiger partial charge in [0.1, 0.15) is 47.7 Å². The third-order valence-corrected chi connectivity index (χ3v) is 9.20. The summed E-state index contributed by atoms with van der Waals surface area (Å²) >= 11 is 0. The Balaban J connectivity index is 1.03. The van der Waals surface area contributed by atoms with Gasteiger partial charge in [-0.15, -0.1) is 0 Å². The largest absolute Gasteiger partial charge is 0.488 e. The first kappa shape index (κ1) is 26.6. The van der Waals surface area contributed by atoms with E-state index in [2.05, 4.69) is 123 Å². The molecule has 4 nitrogen and oxygen atoms in total. The van der Waals surface area contributed by atoms with Crippen molar-refractivity contribution < 1.29 is 18.9 Å². The molecule has 0 radical (unpaired) electrons. The van der Waals surface area contributed by atoms with Gasteiger partial charge in [0.2, 0.25) is 0 Å². The molecule has 0 saturated heterocycles. The maximum atomic E-state index is 6.69. The Labute approximate surface area is 267 Å². The summed E-state index contributed by atoms with van der Waals surface area (Å²) < 4.78 is 24.7. The first-order chi connectivity index (χ1) is 22.6. The molecule has 4 heteroatoms. The summed E-state index contributed by atoms with van der Waals surface area (Å²) in [6.07, 6.45) is 0. The SMILES string of the molecule is Cc1cc2c(OCc3ccc(-c4ccc5cc4O5)cc3)c3ccccc3c(OCc3ccc(-c4ccc5cc4O5)cc3)c2cc1C. The molecule has 0 unspecified atom stereocenters. The van der Waals surface area contributed by atoms with Gasteiger partial charge in [-0.25, -0.2) is 0 Å². The van der Waals surface area contributed by atoms with Gasteiger partial charge in [0.15, 0.2) is 0 Å². The topological polar surface area (TPSA) is 36.9 Å². The number of rotatable bonds is 8. The second-order valence-corrected chi connectivity index (χ2v) is 12.2. The molecule has 0 saturated carbocycles. The molecule has 0 amide bonds. The molecule has 4 bridgehead atoms. The van der Waals surface area contributed by atoms with Gasteiger partial charge in [0.05, 0.1) is 0 Å². The van der Waals surface area contributed by atoms with Crippen molar-refractivity contribution in [1.82, 2.24) is 0 Å². The molecule has 4 aliphatic heterocycles. The van der Waals surface area contributed by atoms with Gasteiger partial charge in [0.25, 0.3) is 0 Å². The van der Waals surface area contributed by atoms with Crippen LogP contribution in [0.1, 0.15) is 22.3 Å². The molecule has 0 spiro atoms. The number of ether oxygens (including phenoxy) is 4. The minimum absolute atomic E-state index is 0.455. The summed E-state index contributed by atoms with van der Waals surface area (Å²) in [5.74, 6) is 5.47. The van der Waals surface area contributed by atoms with Crippen molar-refractivity contribution in [2.24, 2.45) is 0 Å². The van der Waals surface area contributed by atoms with Crippen LogP contribution >= 0.6 is 0 Å². The van der Waals surface area contributed by atoms with Gasteiger partial charge in [-0.2, -0.15) is 0 Å². The quantitative estimate of drug-likeness (QED) is 0.163. The van der Waals surface area contributed by atoms with E-state index in [9.17, 15) is 0 Å². The fourth-order valence-electron chi connectivity index (χ4n) is 6.46. The van der Waals surface area contributed by atoms with Crippen molar-refractivity contribution >= 4 is 21.5 Å². The molecule has 4 aliphatic rings. The zero-order chi connectivity index (χ0) is 30.8. The van der Waals surface area contributed by atoms with Crippen LogP contribution in [0.25, 0.3) is 43.8 Å². The fraction of sp³-hybridized carbons (Fsp3) is 0.0952. The number of benzene rings is 7. The molecule has 7 aromatic carbocycles. The molecular weight excluding hydrogens is 568 g/mol. The molecule has 0 atom stereocenters. The van der Waals surface area contributed by atoms with Crippen LogP contribution in [0.15, 0.2) is 121 Å². The standard InChI is InChI=1S/C42H30O4/c1-25-19-37-38(20-26(25)2)42(44-24-28-9-13-30(14-10-28)34-18-16-32-22-40(34)46-32)36-6-4-3-5-35(36)41(37)43-23-27-7-11-29(12-8-27)33-17-15-31-21-39(33)45-31/h3-22H,23-24H2,1-2H3. The zero-order valence-corrected chi connectivity index (χ0v) is 25.6. The summed E-state index contributed by atoms with van der Waals surface area (Å²) in [4.78, 5) is 0. The second kappa shape index (κ2) is 10.4. The van der Waals surface area contributed by atoms with Crippen LogP contribution in [0.5, 0.6) is 34.5 Å². The zero-order valence-electron chi connectivity index (χ0n) is 25.6. The highest BCUT2D eigenvalue weighted by molar-refractivity contribution is 6.11. The van der Waals surface area contributed by atoms with Crippen molar-refractivity contribution in [3.8, 4) is 56.8 Å². The van der Waals surface area contributed by atoms with E-state index in [1.807, 2.05) is 12.1 Å². The number of hydrogen-bond donors (Lipinski definition) is 0. The van der Waals surface area contributed by atoms with E-state index in [0.717, 1.165) is 89.4 Å². The van der Waals surface area contributed by atoms with Crippen LogP contribution in [0, 0.1) is 13.8 Å². The van der Waals surface area contributed by atoms with Gasteiger partial charge in [0, 0.05) is 44.8 Å². The predicted octanol–water partition coefficient (Wildman–Crippen LogP) is 11.3. The Kier molecular flexibility index (Phi) is 6.04. The van der Waals surface area contributed by atoms with E-state index in [0.29, 0.717) is 13.2 Å². The Morgan fingerprint density at radius 1 is 0.457 bits per heavy atom. The van der Waals surface area contributed by atoms with E-state index in [4.69, 9.17) is 18.9 Å². The lowest BCUT2D eigenvalue weighted by molar-refractivity contribution is 0.308. The first-order valence-corrected chi connectivity index (χ1v) is 15.6. The maximum absolute atomic E-state index is 6.69. The molecule has 0 aliphatic carbocycles. The summed E-state index contributed by atoms with van der Waals surface area (Å²) in [5, 5.41) is 4.18. The van der Waals surface area contributed by atoms with Gasteiger partial charge >= 0.3 is 0 Å². The van der Waals surface area contributed by atoms with Gasteiger partial charge in [-0.3, -0.25) is 0 Å². The van der Waals surface area contributed by atoms with Crippen molar-refractivity contribution in [2.75, 3.05) is 0 Å². The Bertz CT molecular complexity index is 2150. The minimum atomic E-state index is 0.455. The summed E-state index contributed by atoms with van der Waals surface area (Å²) in [5.41, 5.74) is 9.13. The Morgan fingerprint density at radius 2 is 0.870 bits per heavy atom. The van der Waals surface area contributed by atoms with Crippen LogP contribution in [-0.2, 0) is 13.2 Å². The van der Waals surface area contributed by atoms with Crippen molar-refractivity contribution in [3.05, 3.63) is 144 Å². The van der Waals surface area contributed by atoms with Crippen molar-refractivity contribution in [3.63, 3.8) is 0 Å². The summed E-state index contributed by atoms with van der Waals surface area (Å²) in [6, 6.07) is 42.3.